The zero-order valence-corrected chi connectivity index (χ0v) is 16.6. The Bertz CT molecular complexity index is 1170. The fraction of sp³-hybridized carbons (Fsp3) is 0.0952. The van der Waals surface area contributed by atoms with Crippen LogP contribution in [0.25, 0.3) is 22.6 Å². The molecule has 0 spiro atoms. The number of anilines is 1. The van der Waals surface area contributed by atoms with Gasteiger partial charge >= 0.3 is 0 Å². The van der Waals surface area contributed by atoms with Crippen LogP contribution in [0, 0.1) is 6.92 Å². The second-order valence-corrected chi connectivity index (χ2v) is 7.00. The average molecular weight is 403 g/mol. The van der Waals surface area contributed by atoms with Crippen LogP contribution in [0.3, 0.4) is 0 Å². The topological polar surface area (TPSA) is 89.9 Å². The van der Waals surface area contributed by atoms with Gasteiger partial charge in [0.15, 0.2) is 5.13 Å². The molecule has 4 aromatic rings. The van der Waals surface area contributed by atoms with E-state index in [0.29, 0.717) is 33.7 Å². The number of aromatic nitrogens is 4. The first kappa shape index (κ1) is 18.7. The predicted molar refractivity (Wildman–Crippen MR) is 112 cm³/mol. The molecule has 4 heterocycles. The van der Waals surface area contributed by atoms with Crippen molar-refractivity contribution >= 4 is 22.4 Å². The van der Waals surface area contributed by atoms with Crippen LogP contribution in [0.1, 0.15) is 16.1 Å². The third kappa shape index (κ3) is 4.12. The van der Waals surface area contributed by atoms with Gasteiger partial charge in [-0.05, 0) is 37.3 Å². The third-order valence-electron chi connectivity index (χ3n) is 4.14. The average Bonchev–Trinajstić information content (AvgIpc) is 3.22. The van der Waals surface area contributed by atoms with Crippen molar-refractivity contribution in [3.63, 3.8) is 0 Å². The van der Waals surface area contributed by atoms with Gasteiger partial charge in [0.1, 0.15) is 5.69 Å². The molecule has 1 N–H and O–H groups in total. The molecule has 0 aliphatic heterocycles. The number of hydrogen-bond acceptors (Lipinski definition) is 7. The van der Waals surface area contributed by atoms with Crippen molar-refractivity contribution in [2.45, 2.75) is 6.92 Å². The zero-order chi connectivity index (χ0) is 20.2. The maximum Gasteiger partial charge on any atom is 0.259 e. The SMILES string of the molecule is COc1cccc(-c2csc(NC(=O)c3cccnc3-c3ccnc(C)c3)n2)n1. The normalized spacial score (nSPS) is 10.6. The van der Waals surface area contributed by atoms with Crippen molar-refractivity contribution in [3.8, 4) is 28.5 Å². The molecule has 0 aliphatic rings. The van der Waals surface area contributed by atoms with E-state index in [-0.39, 0.29) is 5.91 Å². The number of hydrogen-bond donors (Lipinski definition) is 1. The summed E-state index contributed by atoms with van der Waals surface area (Å²) in [5.41, 5.74) is 4.10. The first-order chi connectivity index (χ1) is 14.1. The molecular weight excluding hydrogens is 386 g/mol. The van der Waals surface area contributed by atoms with Crippen molar-refractivity contribution in [3.05, 3.63) is 71.5 Å². The minimum Gasteiger partial charge on any atom is -0.481 e. The Hall–Kier alpha value is -3.65. The van der Waals surface area contributed by atoms with Gasteiger partial charge in [0.25, 0.3) is 5.91 Å². The number of thiazole rings is 1. The van der Waals surface area contributed by atoms with Crippen LogP contribution in [0.4, 0.5) is 5.13 Å². The lowest BCUT2D eigenvalue weighted by Gasteiger charge is -2.08. The lowest BCUT2D eigenvalue weighted by molar-refractivity contribution is 0.102. The Labute approximate surface area is 171 Å². The number of nitrogens with zero attached hydrogens (tertiary/aromatic N) is 4. The van der Waals surface area contributed by atoms with E-state index in [1.807, 2.05) is 36.6 Å². The van der Waals surface area contributed by atoms with E-state index in [1.54, 1.807) is 37.7 Å². The van der Waals surface area contributed by atoms with Crippen LogP contribution in [-0.2, 0) is 0 Å². The zero-order valence-electron chi connectivity index (χ0n) is 15.8. The first-order valence-corrected chi connectivity index (χ1v) is 9.68. The summed E-state index contributed by atoms with van der Waals surface area (Å²) < 4.78 is 5.15. The van der Waals surface area contributed by atoms with Crippen molar-refractivity contribution in [1.29, 1.82) is 0 Å². The smallest absolute Gasteiger partial charge is 0.259 e. The van der Waals surface area contributed by atoms with Gasteiger partial charge in [-0.3, -0.25) is 20.1 Å². The summed E-state index contributed by atoms with van der Waals surface area (Å²) in [7, 11) is 1.56. The molecule has 144 valence electrons. The summed E-state index contributed by atoms with van der Waals surface area (Å²) in [4.78, 5) is 30.3. The maximum atomic E-state index is 12.9. The Kier molecular flexibility index (Phi) is 5.26. The van der Waals surface area contributed by atoms with Crippen LogP contribution in [0.2, 0.25) is 0 Å². The maximum absolute atomic E-state index is 12.9. The van der Waals surface area contributed by atoms with Gasteiger partial charge in [-0.15, -0.1) is 11.3 Å². The number of pyridine rings is 3. The predicted octanol–water partition coefficient (Wildman–Crippen LogP) is 4.23. The molecule has 0 radical (unpaired) electrons. The van der Waals surface area contributed by atoms with Gasteiger partial charge in [0, 0.05) is 35.1 Å². The lowest BCUT2D eigenvalue weighted by Crippen LogP contribution is -2.13. The van der Waals surface area contributed by atoms with E-state index < -0.39 is 0 Å². The number of rotatable bonds is 5. The summed E-state index contributed by atoms with van der Waals surface area (Å²) in [6.45, 7) is 1.90. The van der Waals surface area contributed by atoms with Gasteiger partial charge in [0.05, 0.1) is 24.1 Å². The Balaban J connectivity index is 1.59. The molecule has 1 amide bonds. The number of carbonyl (C=O) groups excluding carboxylic acids is 1. The van der Waals surface area contributed by atoms with Gasteiger partial charge in [-0.1, -0.05) is 6.07 Å². The van der Waals surface area contributed by atoms with Crippen molar-refractivity contribution in [2.24, 2.45) is 0 Å². The molecule has 0 atom stereocenters. The van der Waals surface area contributed by atoms with Crippen molar-refractivity contribution in [1.82, 2.24) is 19.9 Å². The number of amides is 1. The fourth-order valence-electron chi connectivity index (χ4n) is 2.80. The fourth-order valence-corrected chi connectivity index (χ4v) is 3.50. The molecule has 0 aromatic carbocycles. The molecule has 29 heavy (non-hydrogen) atoms. The highest BCUT2D eigenvalue weighted by atomic mass is 32.1. The molecule has 8 heteroatoms. The van der Waals surface area contributed by atoms with E-state index in [4.69, 9.17) is 4.74 Å². The number of aryl methyl sites for hydroxylation is 1. The highest BCUT2D eigenvalue weighted by Crippen LogP contribution is 2.27. The Morgan fingerprint density at radius 3 is 2.76 bits per heavy atom. The molecule has 7 nitrogen and oxygen atoms in total. The summed E-state index contributed by atoms with van der Waals surface area (Å²) in [5.74, 6) is 0.232. The standard InChI is InChI=1S/C21H17N5O2S/c1-13-11-14(8-10-22-13)19-15(5-4-9-23-19)20(27)26-21-25-17(12-29-21)16-6-3-7-18(24-16)28-2/h3-12H,1-2H3,(H,25,26,27). The summed E-state index contributed by atoms with van der Waals surface area (Å²) in [6.07, 6.45) is 3.37. The summed E-state index contributed by atoms with van der Waals surface area (Å²) >= 11 is 1.33. The number of carbonyl (C=O) groups is 1. The van der Waals surface area contributed by atoms with E-state index >= 15 is 0 Å². The van der Waals surface area contributed by atoms with Crippen molar-refractivity contribution < 1.29 is 9.53 Å². The molecular formula is C21H17N5O2S. The van der Waals surface area contributed by atoms with E-state index in [9.17, 15) is 4.79 Å². The van der Waals surface area contributed by atoms with Crippen LogP contribution >= 0.6 is 11.3 Å². The van der Waals surface area contributed by atoms with Crippen LogP contribution in [0.5, 0.6) is 5.88 Å². The van der Waals surface area contributed by atoms with E-state index in [0.717, 1.165) is 11.3 Å². The second-order valence-electron chi connectivity index (χ2n) is 6.14. The molecule has 4 rings (SSSR count). The molecule has 0 saturated heterocycles. The largest absolute Gasteiger partial charge is 0.481 e. The van der Waals surface area contributed by atoms with Gasteiger partial charge < -0.3 is 4.74 Å². The van der Waals surface area contributed by atoms with Crippen LogP contribution < -0.4 is 10.1 Å². The van der Waals surface area contributed by atoms with E-state index in [1.165, 1.54) is 11.3 Å². The molecule has 4 aromatic heterocycles. The summed E-state index contributed by atoms with van der Waals surface area (Å²) in [5, 5.41) is 5.18. The lowest BCUT2D eigenvalue weighted by atomic mass is 10.1. The Morgan fingerprint density at radius 2 is 1.93 bits per heavy atom. The van der Waals surface area contributed by atoms with Gasteiger partial charge in [-0.2, -0.15) is 0 Å². The third-order valence-corrected chi connectivity index (χ3v) is 4.90. The Morgan fingerprint density at radius 1 is 1.03 bits per heavy atom. The monoisotopic (exact) mass is 403 g/mol. The highest BCUT2D eigenvalue weighted by molar-refractivity contribution is 7.14. The second kappa shape index (κ2) is 8.15. The van der Waals surface area contributed by atoms with Crippen molar-refractivity contribution in [2.75, 3.05) is 12.4 Å². The number of nitrogens with one attached hydrogen (secondary N) is 1. The molecule has 0 bridgehead atoms. The molecule has 0 unspecified atom stereocenters. The highest BCUT2D eigenvalue weighted by Gasteiger charge is 2.16. The van der Waals surface area contributed by atoms with E-state index in [2.05, 4.69) is 25.3 Å². The van der Waals surface area contributed by atoms with Gasteiger partial charge in [-0.25, -0.2) is 9.97 Å². The molecule has 0 saturated carbocycles. The van der Waals surface area contributed by atoms with Gasteiger partial charge in [0.2, 0.25) is 5.88 Å². The first-order valence-electron chi connectivity index (χ1n) is 8.80. The quantitative estimate of drug-likeness (QED) is 0.536. The van der Waals surface area contributed by atoms with Crippen LogP contribution in [-0.4, -0.2) is 33.0 Å². The minimum atomic E-state index is -0.276. The molecule has 0 fully saturated rings. The minimum absolute atomic E-state index is 0.276. The molecule has 0 aliphatic carbocycles. The number of ether oxygens (including phenoxy) is 1. The summed E-state index contributed by atoms with van der Waals surface area (Å²) in [6, 6.07) is 12.7. The number of methoxy groups -OCH3 is 1. The van der Waals surface area contributed by atoms with Crippen LogP contribution in [0.15, 0.2) is 60.2 Å².